The van der Waals surface area contributed by atoms with E-state index in [1.807, 2.05) is 28.8 Å². The monoisotopic (exact) mass is 421 g/mol. The number of amides is 1. The molecule has 8 heteroatoms. The van der Waals surface area contributed by atoms with Crippen molar-refractivity contribution in [2.45, 2.75) is 18.3 Å². The van der Waals surface area contributed by atoms with Crippen molar-refractivity contribution in [2.24, 2.45) is 0 Å². The van der Waals surface area contributed by atoms with Crippen molar-refractivity contribution in [3.8, 4) is 0 Å². The number of imidazole rings is 1. The molecule has 140 valence electrons. The molecule has 0 saturated heterocycles. The van der Waals surface area contributed by atoms with Crippen LogP contribution in [0, 0.1) is 0 Å². The Hall–Kier alpha value is -1.99. The molecule has 0 fully saturated rings. The Labute approximate surface area is 171 Å². The van der Waals surface area contributed by atoms with Crippen LogP contribution in [0.25, 0.3) is 0 Å². The maximum atomic E-state index is 12.2. The van der Waals surface area contributed by atoms with Gasteiger partial charge in [-0.3, -0.25) is 4.79 Å². The predicted molar refractivity (Wildman–Crippen MR) is 110 cm³/mol. The zero-order valence-electron chi connectivity index (χ0n) is 14.2. The average Bonchev–Trinajstić information content (AvgIpc) is 3.03. The van der Waals surface area contributed by atoms with Crippen molar-refractivity contribution in [2.75, 3.05) is 11.1 Å². The Kier molecular flexibility index (Phi) is 6.79. The summed E-state index contributed by atoms with van der Waals surface area (Å²) in [6, 6.07) is 14.5. The standard InChI is InChI=1S/C19H17Cl2N3O2S/c20-14-6-4-13(5-7-14)10-24-17(11-25)9-22-19(24)27-12-18(26)23-16-3-1-2-15(21)8-16/h1-9,25H,10-12H2,(H,23,26). The minimum absolute atomic E-state index is 0.129. The summed E-state index contributed by atoms with van der Waals surface area (Å²) in [4.78, 5) is 16.5. The predicted octanol–water partition coefficient (Wildman–Crippen LogP) is 4.46. The number of carbonyl (C=O) groups is 1. The van der Waals surface area contributed by atoms with Gasteiger partial charge in [0.15, 0.2) is 5.16 Å². The lowest BCUT2D eigenvalue weighted by atomic mass is 10.2. The Morgan fingerprint density at radius 2 is 1.93 bits per heavy atom. The Balaban J connectivity index is 1.66. The maximum Gasteiger partial charge on any atom is 0.234 e. The summed E-state index contributed by atoms with van der Waals surface area (Å²) in [5, 5.41) is 14.3. The van der Waals surface area contributed by atoms with Crippen LogP contribution >= 0.6 is 35.0 Å². The molecule has 5 nitrogen and oxygen atoms in total. The van der Waals surface area contributed by atoms with Gasteiger partial charge in [-0.1, -0.05) is 53.2 Å². The first kappa shape index (κ1) is 19.8. The van der Waals surface area contributed by atoms with Crippen LogP contribution in [0.4, 0.5) is 5.69 Å². The van der Waals surface area contributed by atoms with Gasteiger partial charge >= 0.3 is 0 Å². The van der Waals surface area contributed by atoms with E-state index >= 15 is 0 Å². The third-order valence-electron chi connectivity index (χ3n) is 3.76. The van der Waals surface area contributed by atoms with Crippen LogP contribution in [0.15, 0.2) is 59.9 Å². The fraction of sp³-hybridized carbons (Fsp3) is 0.158. The summed E-state index contributed by atoms with van der Waals surface area (Å²) in [5.41, 5.74) is 2.36. The number of hydrogen-bond donors (Lipinski definition) is 2. The number of hydrogen-bond acceptors (Lipinski definition) is 4. The number of thioether (sulfide) groups is 1. The number of aliphatic hydroxyl groups excluding tert-OH is 1. The van der Waals surface area contributed by atoms with Crippen LogP contribution in [0.5, 0.6) is 0 Å². The normalized spacial score (nSPS) is 10.8. The lowest BCUT2D eigenvalue weighted by molar-refractivity contribution is -0.113. The second kappa shape index (κ2) is 9.28. The van der Waals surface area contributed by atoms with Crippen molar-refractivity contribution >= 4 is 46.6 Å². The van der Waals surface area contributed by atoms with Gasteiger partial charge in [-0.2, -0.15) is 0 Å². The fourth-order valence-corrected chi connectivity index (χ4v) is 3.58. The lowest BCUT2D eigenvalue weighted by Gasteiger charge is -2.11. The van der Waals surface area contributed by atoms with Crippen LogP contribution in [0.1, 0.15) is 11.3 Å². The van der Waals surface area contributed by atoms with E-state index in [1.165, 1.54) is 11.8 Å². The van der Waals surface area contributed by atoms with E-state index in [0.717, 1.165) is 5.56 Å². The summed E-state index contributed by atoms with van der Waals surface area (Å²) < 4.78 is 1.89. The van der Waals surface area contributed by atoms with Gasteiger partial charge in [0.25, 0.3) is 0 Å². The highest BCUT2D eigenvalue weighted by Crippen LogP contribution is 2.22. The minimum atomic E-state index is -0.158. The molecule has 0 spiro atoms. The maximum absolute atomic E-state index is 12.2. The number of carbonyl (C=O) groups excluding carboxylic acids is 1. The van der Waals surface area contributed by atoms with E-state index in [0.29, 0.717) is 33.1 Å². The molecule has 3 aromatic rings. The molecule has 0 unspecified atom stereocenters. The summed E-state index contributed by atoms with van der Waals surface area (Å²) >= 11 is 13.2. The molecule has 0 aliphatic rings. The first-order chi connectivity index (χ1) is 13.0. The molecule has 1 heterocycles. The van der Waals surface area contributed by atoms with Crippen molar-refractivity contribution in [1.82, 2.24) is 9.55 Å². The number of nitrogens with zero attached hydrogens (tertiary/aromatic N) is 2. The molecule has 2 N–H and O–H groups in total. The highest BCUT2D eigenvalue weighted by atomic mass is 35.5. The van der Waals surface area contributed by atoms with Crippen LogP contribution in [0.2, 0.25) is 10.0 Å². The Bertz CT molecular complexity index is 929. The molecule has 0 bridgehead atoms. The van der Waals surface area contributed by atoms with Gasteiger partial charge in [0.05, 0.1) is 24.3 Å². The number of benzene rings is 2. The van der Waals surface area contributed by atoms with Crippen molar-refractivity contribution < 1.29 is 9.90 Å². The number of aromatic nitrogens is 2. The zero-order chi connectivity index (χ0) is 19.2. The highest BCUT2D eigenvalue weighted by molar-refractivity contribution is 7.99. The second-order valence-corrected chi connectivity index (χ2v) is 7.57. The molecule has 0 atom stereocenters. The van der Waals surface area contributed by atoms with E-state index in [2.05, 4.69) is 10.3 Å². The molecule has 1 aromatic heterocycles. The highest BCUT2D eigenvalue weighted by Gasteiger charge is 2.13. The SMILES string of the molecule is O=C(CSc1ncc(CO)n1Cc1ccc(Cl)cc1)Nc1cccc(Cl)c1. The first-order valence-electron chi connectivity index (χ1n) is 8.13. The molecule has 1 amide bonds. The van der Waals surface area contributed by atoms with Crippen LogP contribution < -0.4 is 5.32 Å². The number of nitrogens with one attached hydrogen (secondary N) is 1. The zero-order valence-corrected chi connectivity index (χ0v) is 16.6. The summed E-state index contributed by atoms with van der Waals surface area (Å²) in [6.07, 6.45) is 1.62. The van der Waals surface area contributed by atoms with E-state index in [4.69, 9.17) is 23.2 Å². The molecule has 27 heavy (non-hydrogen) atoms. The molecule has 0 saturated carbocycles. The quantitative estimate of drug-likeness (QED) is 0.552. The third-order valence-corrected chi connectivity index (χ3v) is 5.24. The summed E-state index contributed by atoms with van der Waals surface area (Å²) in [7, 11) is 0. The number of halogens is 2. The molecular weight excluding hydrogens is 405 g/mol. The van der Waals surface area contributed by atoms with E-state index < -0.39 is 0 Å². The number of aliphatic hydroxyl groups is 1. The lowest BCUT2D eigenvalue weighted by Crippen LogP contribution is -2.15. The van der Waals surface area contributed by atoms with E-state index in [9.17, 15) is 9.90 Å². The van der Waals surface area contributed by atoms with Gasteiger partial charge in [0, 0.05) is 22.3 Å². The second-order valence-electron chi connectivity index (χ2n) is 5.75. The smallest absolute Gasteiger partial charge is 0.234 e. The van der Waals surface area contributed by atoms with Crippen LogP contribution in [-0.4, -0.2) is 26.3 Å². The van der Waals surface area contributed by atoms with Crippen molar-refractivity contribution in [1.29, 1.82) is 0 Å². The Morgan fingerprint density at radius 1 is 1.15 bits per heavy atom. The largest absolute Gasteiger partial charge is 0.390 e. The van der Waals surface area contributed by atoms with Crippen molar-refractivity contribution in [3.63, 3.8) is 0 Å². The van der Waals surface area contributed by atoms with Gasteiger partial charge in [-0.05, 0) is 35.9 Å². The van der Waals surface area contributed by atoms with Gasteiger partial charge in [0.1, 0.15) is 0 Å². The van der Waals surface area contributed by atoms with Gasteiger partial charge in [-0.25, -0.2) is 4.98 Å². The summed E-state index contributed by atoms with van der Waals surface area (Å²) in [6.45, 7) is 0.404. The summed E-state index contributed by atoms with van der Waals surface area (Å²) in [5.74, 6) is 0.0310. The van der Waals surface area contributed by atoms with E-state index in [-0.39, 0.29) is 18.3 Å². The van der Waals surface area contributed by atoms with Gasteiger partial charge < -0.3 is 15.0 Å². The van der Waals surface area contributed by atoms with Gasteiger partial charge in [-0.15, -0.1) is 0 Å². The molecule has 0 radical (unpaired) electrons. The van der Waals surface area contributed by atoms with Crippen LogP contribution in [-0.2, 0) is 17.9 Å². The van der Waals surface area contributed by atoms with Gasteiger partial charge in [0.2, 0.25) is 5.91 Å². The Morgan fingerprint density at radius 3 is 2.63 bits per heavy atom. The van der Waals surface area contributed by atoms with Crippen molar-refractivity contribution in [3.05, 3.63) is 76.0 Å². The number of rotatable bonds is 7. The third kappa shape index (κ3) is 5.49. The topological polar surface area (TPSA) is 67.1 Å². The fourth-order valence-electron chi connectivity index (χ4n) is 2.47. The molecule has 0 aliphatic carbocycles. The molecule has 0 aliphatic heterocycles. The molecule has 2 aromatic carbocycles. The molecular formula is C19H17Cl2N3O2S. The average molecular weight is 422 g/mol. The first-order valence-corrected chi connectivity index (χ1v) is 9.87. The van der Waals surface area contributed by atoms with Crippen LogP contribution in [0.3, 0.4) is 0 Å². The molecule has 3 rings (SSSR count). The number of anilines is 1. The van der Waals surface area contributed by atoms with E-state index in [1.54, 1.807) is 30.5 Å². The minimum Gasteiger partial charge on any atom is -0.390 e.